The molecule has 0 bridgehead atoms. The Morgan fingerprint density at radius 3 is 1.38 bits per heavy atom. The molecule has 12 nitrogen and oxygen atoms in total. The number of hydrogen-bond acceptors (Lipinski definition) is 12. The number of carbonyl (C=O) groups is 5. The van der Waals surface area contributed by atoms with E-state index in [0.717, 1.165) is 63.5 Å². The molecule has 2 aliphatic carbocycles. The van der Waals surface area contributed by atoms with Gasteiger partial charge >= 0.3 is 29.8 Å². The number of unbranched alkanes of at least 4 members (excludes halogenated alkanes) is 6. The van der Waals surface area contributed by atoms with Crippen LogP contribution in [0, 0.1) is 12.3 Å². The molecule has 4 aromatic carbocycles. The summed E-state index contributed by atoms with van der Waals surface area (Å²) in [5.41, 5.74) is 4.49. The summed E-state index contributed by atoms with van der Waals surface area (Å²) in [4.78, 5) is 62.0. The molecule has 4 aromatic rings. The summed E-state index contributed by atoms with van der Waals surface area (Å²) in [5.74, 6) is 0.465. The van der Waals surface area contributed by atoms with E-state index in [1.165, 1.54) is 29.3 Å². The first-order valence-electron chi connectivity index (χ1n) is 21.6. The molecule has 0 atom stereocenters. The van der Waals surface area contributed by atoms with E-state index < -0.39 is 29.8 Å². The zero-order valence-electron chi connectivity index (χ0n) is 36.7. The summed E-state index contributed by atoms with van der Waals surface area (Å²) in [5, 5.41) is 0. The number of rotatable bonds is 25. The molecule has 0 saturated heterocycles. The van der Waals surface area contributed by atoms with Crippen molar-refractivity contribution in [3.63, 3.8) is 0 Å². The van der Waals surface area contributed by atoms with Gasteiger partial charge in [-0.15, -0.1) is 6.42 Å². The highest BCUT2D eigenvalue weighted by Crippen LogP contribution is 2.30. The van der Waals surface area contributed by atoms with E-state index in [1.807, 2.05) is 0 Å². The summed E-state index contributed by atoms with van der Waals surface area (Å²) in [7, 11) is 0. The molecule has 0 amide bonds. The van der Waals surface area contributed by atoms with Gasteiger partial charge < -0.3 is 33.2 Å². The Morgan fingerprint density at radius 2 is 0.939 bits per heavy atom. The van der Waals surface area contributed by atoms with E-state index in [-0.39, 0.29) is 34.8 Å². The highest BCUT2D eigenvalue weighted by Gasteiger charge is 2.21. The van der Waals surface area contributed by atoms with Gasteiger partial charge in [0.1, 0.15) is 35.2 Å². The van der Waals surface area contributed by atoms with Gasteiger partial charge in [0.2, 0.25) is 0 Å². The van der Waals surface area contributed by atoms with Crippen LogP contribution in [0.1, 0.15) is 93.6 Å². The molecule has 0 aliphatic heterocycles. The molecule has 0 unspecified atom stereocenters. The van der Waals surface area contributed by atoms with Crippen molar-refractivity contribution < 1.29 is 57.1 Å². The second-order valence-electron chi connectivity index (χ2n) is 14.7. The van der Waals surface area contributed by atoms with Crippen LogP contribution >= 0.6 is 0 Å². The minimum Gasteiger partial charge on any atom is -0.494 e. The second kappa shape index (κ2) is 26.7. The van der Waals surface area contributed by atoms with Crippen LogP contribution in [0.25, 0.3) is 11.1 Å². The molecule has 0 saturated carbocycles. The van der Waals surface area contributed by atoms with Crippen LogP contribution in [-0.2, 0) is 30.4 Å². The monoisotopic (exact) mass is 892 g/mol. The Balaban J connectivity index is 0.00000124. The van der Waals surface area contributed by atoms with Crippen LogP contribution in [-0.4, -0.2) is 56.3 Å². The van der Waals surface area contributed by atoms with Gasteiger partial charge in [-0.1, -0.05) is 55.5 Å². The molecule has 340 valence electrons. The fourth-order valence-corrected chi connectivity index (χ4v) is 6.07. The lowest BCUT2D eigenvalue weighted by Gasteiger charge is -2.13. The Kier molecular flexibility index (Phi) is 19.8. The molecule has 12 heteroatoms. The van der Waals surface area contributed by atoms with Crippen molar-refractivity contribution >= 4 is 29.8 Å². The van der Waals surface area contributed by atoms with Crippen molar-refractivity contribution in [3.8, 4) is 46.5 Å². The molecule has 6 rings (SSSR count). The van der Waals surface area contributed by atoms with Crippen LogP contribution in [0.3, 0.4) is 0 Å². The number of carbonyl (C=O) groups excluding carboxylic acids is 5. The maximum Gasteiger partial charge on any atom is 0.343 e. The first kappa shape index (κ1) is 49.1. The summed E-state index contributed by atoms with van der Waals surface area (Å²) >= 11 is 0. The van der Waals surface area contributed by atoms with Crippen molar-refractivity contribution in [2.24, 2.45) is 0 Å². The molecule has 66 heavy (non-hydrogen) atoms. The van der Waals surface area contributed by atoms with Gasteiger partial charge in [-0.25, -0.2) is 24.0 Å². The highest BCUT2D eigenvalue weighted by molar-refractivity contribution is 5.97. The van der Waals surface area contributed by atoms with Gasteiger partial charge in [0, 0.05) is 17.7 Å². The third-order valence-corrected chi connectivity index (χ3v) is 9.91. The van der Waals surface area contributed by atoms with Crippen molar-refractivity contribution in [1.82, 2.24) is 0 Å². The summed E-state index contributed by atoms with van der Waals surface area (Å²) in [6.45, 7) is 8.27. The zero-order chi connectivity index (χ0) is 46.9. The molecule has 0 heterocycles. The quantitative estimate of drug-likeness (QED) is 0.0134. The smallest absolute Gasteiger partial charge is 0.343 e. The van der Waals surface area contributed by atoms with Gasteiger partial charge in [-0.2, -0.15) is 0 Å². The predicted molar refractivity (Wildman–Crippen MR) is 248 cm³/mol. The SMILES string of the molecule is C#Cc1ccc(COC(=O)c2cc(OC(=O)c3ccc(OCCCCCCOC(=O)C=C)cc3)ccc2OC(=O)c2ccc(OCCCCCCOC(=O)C=C)cc2)cc1.c1cc2ccc1-2. The fraction of sp³-hybridized carbons (Fsp3) is 0.241. The van der Waals surface area contributed by atoms with Gasteiger partial charge in [-0.3, -0.25) is 0 Å². The molecule has 0 N–H and O–H groups in total. The van der Waals surface area contributed by atoms with Crippen LogP contribution < -0.4 is 18.9 Å². The third-order valence-electron chi connectivity index (χ3n) is 9.91. The molecule has 0 radical (unpaired) electrons. The van der Waals surface area contributed by atoms with Crippen molar-refractivity contribution in [3.05, 3.63) is 168 Å². The van der Waals surface area contributed by atoms with Crippen molar-refractivity contribution in [2.45, 2.75) is 58.0 Å². The average molecular weight is 893 g/mol. The number of benzene rings is 5. The Labute approximate surface area is 385 Å². The lowest BCUT2D eigenvalue weighted by atomic mass is 9.95. The standard InChI is InChI=1S/C48H48O12.C6H4/c1-4-35-15-17-36(18-16-35)34-58-48(53)42-33-41(59-46(51)37-19-23-39(24-20-37)54-29-11-7-9-13-31-56-44(49)5-2)27-28-43(42)60-47(52)38-21-25-40(26-22-38)55-30-12-8-10-14-32-57-45(50)6-3;1-2-6-4-3-5(1)6/h1,5-6,15-28,33H,2-3,7-14,29-32,34H2;1-4H. The second-order valence-corrected chi connectivity index (χ2v) is 14.7. The Morgan fingerprint density at radius 1 is 0.485 bits per heavy atom. The number of fused-ring (bicyclic) bond motifs is 1. The summed E-state index contributed by atoms with van der Waals surface area (Å²) in [6, 6.07) is 32.2. The van der Waals surface area contributed by atoms with E-state index >= 15 is 0 Å². The number of terminal acetylenes is 1. The minimum absolute atomic E-state index is 0.0161. The molecular weight excluding hydrogens is 841 g/mol. The summed E-state index contributed by atoms with van der Waals surface area (Å²) < 4.78 is 38.3. The van der Waals surface area contributed by atoms with Crippen LogP contribution in [0.15, 0.2) is 141 Å². The van der Waals surface area contributed by atoms with Crippen LogP contribution in [0.2, 0.25) is 0 Å². The normalized spacial score (nSPS) is 10.4. The summed E-state index contributed by atoms with van der Waals surface area (Å²) in [6.07, 6.45) is 14.4. The van der Waals surface area contributed by atoms with Crippen molar-refractivity contribution in [2.75, 3.05) is 26.4 Å². The van der Waals surface area contributed by atoms with Crippen LogP contribution in [0.5, 0.6) is 23.0 Å². The van der Waals surface area contributed by atoms with E-state index in [4.69, 9.17) is 39.6 Å². The van der Waals surface area contributed by atoms with E-state index in [2.05, 4.69) is 43.3 Å². The first-order valence-corrected chi connectivity index (χ1v) is 21.6. The first-order chi connectivity index (χ1) is 32.1. The van der Waals surface area contributed by atoms with Gasteiger partial charge in [0.25, 0.3) is 0 Å². The topological polar surface area (TPSA) is 150 Å². The highest BCUT2D eigenvalue weighted by atomic mass is 16.6. The molecule has 2 aliphatic rings. The minimum atomic E-state index is -0.823. The molecule has 0 aromatic heterocycles. The largest absolute Gasteiger partial charge is 0.494 e. The average Bonchev–Trinajstić information content (AvgIpc) is 3.34. The molecule has 0 spiro atoms. The van der Waals surface area contributed by atoms with E-state index in [1.54, 1.807) is 72.8 Å². The van der Waals surface area contributed by atoms with E-state index in [0.29, 0.717) is 49.1 Å². The maximum atomic E-state index is 13.5. The Bertz CT molecular complexity index is 2420. The van der Waals surface area contributed by atoms with Gasteiger partial charge in [0.05, 0.1) is 37.6 Å². The zero-order valence-corrected chi connectivity index (χ0v) is 36.7. The Hall–Kier alpha value is -7.91. The lowest BCUT2D eigenvalue weighted by molar-refractivity contribution is -0.138. The fourth-order valence-electron chi connectivity index (χ4n) is 6.07. The number of ether oxygens (including phenoxy) is 7. The van der Waals surface area contributed by atoms with Crippen molar-refractivity contribution in [1.29, 1.82) is 0 Å². The van der Waals surface area contributed by atoms with E-state index in [9.17, 15) is 24.0 Å². The lowest BCUT2D eigenvalue weighted by Crippen LogP contribution is -2.14. The number of esters is 5. The predicted octanol–water partition coefficient (Wildman–Crippen LogP) is 10.5. The van der Waals surface area contributed by atoms with Crippen LogP contribution in [0.4, 0.5) is 0 Å². The maximum absolute atomic E-state index is 13.5. The number of hydrogen-bond donors (Lipinski definition) is 0. The van der Waals surface area contributed by atoms with Gasteiger partial charge in [0.15, 0.2) is 0 Å². The molecular formula is C54H52O12. The third kappa shape index (κ3) is 16.3. The van der Waals surface area contributed by atoms with Gasteiger partial charge in [-0.05, 0) is 147 Å². The molecule has 0 fully saturated rings.